The predicted molar refractivity (Wildman–Crippen MR) is 103 cm³/mol. The molecule has 0 spiro atoms. The molecule has 0 aliphatic carbocycles. The summed E-state index contributed by atoms with van der Waals surface area (Å²) in [6.07, 6.45) is 3.08. The summed E-state index contributed by atoms with van der Waals surface area (Å²) in [5, 5.41) is 2.66. The van der Waals surface area contributed by atoms with Gasteiger partial charge in [-0.05, 0) is 61.9 Å². The number of anilines is 1. The molecule has 28 heavy (non-hydrogen) atoms. The van der Waals surface area contributed by atoms with Crippen LogP contribution in [0.1, 0.15) is 19.4 Å². The van der Waals surface area contributed by atoms with Crippen LogP contribution < -0.4 is 14.8 Å². The molecule has 1 aliphatic heterocycles. The summed E-state index contributed by atoms with van der Waals surface area (Å²) in [5.74, 6) is 0.274. The molecule has 0 radical (unpaired) electrons. The number of nitrogens with one attached hydrogen (secondary N) is 1. The number of carbonyl (C=O) groups excluding carboxylic acids is 2. The van der Waals surface area contributed by atoms with Gasteiger partial charge >= 0.3 is 0 Å². The predicted octanol–water partition coefficient (Wildman–Crippen LogP) is 3.44. The molecule has 1 N–H and O–H groups in total. The fourth-order valence-electron chi connectivity index (χ4n) is 2.68. The molecule has 0 aromatic heterocycles. The molecule has 1 aliphatic rings. The van der Waals surface area contributed by atoms with Crippen LogP contribution in [0.2, 0.25) is 0 Å². The smallest absolute Gasteiger partial charge is 0.247 e. The summed E-state index contributed by atoms with van der Waals surface area (Å²) in [6, 6.07) is 10.7. The van der Waals surface area contributed by atoms with Crippen molar-refractivity contribution in [2.75, 3.05) is 18.7 Å². The zero-order chi connectivity index (χ0) is 20.1. The minimum atomic E-state index is -0.384. The van der Waals surface area contributed by atoms with Crippen molar-refractivity contribution in [1.29, 1.82) is 0 Å². The Morgan fingerprint density at radius 3 is 2.57 bits per heavy atom. The van der Waals surface area contributed by atoms with Crippen molar-refractivity contribution in [3.8, 4) is 11.5 Å². The Morgan fingerprint density at radius 1 is 1.14 bits per heavy atom. The third kappa shape index (κ3) is 4.88. The molecular weight excluding hydrogens is 363 g/mol. The Labute approximate surface area is 162 Å². The maximum atomic E-state index is 13.0. The van der Waals surface area contributed by atoms with Crippen LogP contribution >= 0.6 is 0 Å². The maximum Gasteiger partial charge on any atom is 0.247 e. The molecule has 0 fully saturated rings. The van der Waals surface area contributed by atoms with Gasteiger partial charge in [0.05, 0.1) is 0 Å². The Hall–Kier alpha value is -3.35. The second-order valence-electron chi connectivity index (χ2n) is 6.56. The average Bonchev–Trinajstić information content (AvgIpc) is 3.13. The topological polar surface area (TPSA) is 67.9 Å². The van der Waals surface area contributed by atoms with Crippen LogP contribution in [0.5, 0.6) is 11.5 Å². The number of benzene rings is 2. The van der Waals surface area contributed by atoms with Crippen LogP contribution in [-0.2, 0) is 9.59 Å². The van der Waals surface area contributed by atoms with Gasteiger partial charge in [-0.3, -0.25) is 9.59 Å². The van der Waals surface area contributed by atoms with Gasteiger partial charge in [-0.2, -0.15) is 0 Å². The van der Waals surface area contributed by atoms with Gasteiger partial charge < -0.3 is 19.7 Å². The molecule has 1 heterocycles. The van der Waals surface area contributed by atoms with E-state index in [2.05, 4.69) is 5.32 Å². The number of ether oxygens (including phenoxy) is 2. The van der Waals surface area contributed by atoms with Crippen molar-refractivity contribution in [2.45, 2.75) is 19.9 Å². The number of rotatable bonds is 6. The van der Waals surface area contributed by atoms with Crippen LogP contribution in [-0.4, -0.2) is 36.1 Å². The Kier molecular flexibility index (Phi) is 5.93. The summed E-state index contributed by atoms with van der Waals surface area (Å²) in [7, 11) is 0. The van der Waals surface area contributed by atoms with Crippen molar-refractivity contribution in [3.63, 3.8) is 0 Å². The van der Waals surface area contributed by atoms with Crippen LogP contribution in [0.3, 0.4) is 0 Å². The molecule has 0 saturated heterocycles. The molecule has 6 nitrogen and oxygen atoms in total. The molecule has 2 aromatic carbocycles. The van der Waals surface area contributed by atoms with Gasteiger partial charge in [0.15, 0.2) is 11.5 Å². The number of fused-ring (bicyclic) bond motifs is 1. The van der Waals surface area contributed by atoms with Crippen molar-refractivity contribution in [3.05, 3.63) is 59.9 Å². The van der Waals surface area contributed by atoms with E-state index in [4.69, 9.17) is 9.47 Å². The second kappa shape index (κ2) is 8.56. The van der Waals surface area contributed by atoms with Crippen molar-refractivity contribution in [2.24, 2.45) is 0 Å². The van der Waals surface area contributed by atoms with Gasteiger partial charge in [0.25, 0.3) is 0 Å². The molecule has 2 aromatic rings. The quantitative estimate of drug-likeness (QED) is 0.775. The first-order valence-electron chi connectivity index (χ1n) is 8.86. The molecular formula is C21H21FN2O4. The highest BCUT2D eigenvalue weighted by molar-refractivity contribution is 5.98. The molecule has 2 amide bonds. The summed E-state index contributed by atoms with van der Waals surface area (Å²) >= 11 is 0. The van der Waals surface area contributed by atoms with Gasteiger partial charge in [0, 0.05) is 17.8 Å². The SMILES string of the molecule is CC(C)N(CC(=O)Nc1ccc(F)cc1)C(=O)/C=C/c1ccc2c(c1)OCO2. The van der Waals surface area contributed by atoms with Crippen molar-refractivity contribution >= 4 is 23.6 Å². The molecule has 0 bridgehead atoms. The normalized spacial score (nSPS) is 12.4. The zero-order valence-electron chi connectivity index (χ0n) is 15.6. The molecule has 3 rings (SSSR count). The van der Waals surface area contributed by atoms with E-state index in [1.165, 1.54) is 35.2 Å². The highest BCUT2D eigenvalue weighted by Crippen LogP contribution is 2.32. The van der Waals surface area contributed by atoms with Crippen LogP contribution in [0.25, 0.3) is 6.08 Å². The van der Waals surface area contributed by atoms with E-state index in [9.17, 15) is 14.0 Å². The first kappa shape index (κ1) is 19.4. The number of carbonyl (C=O) groups is 2. The number of hydrogen-bond donors (Lipinski definition) is 1. The van der Waals surface area contributed by atoms with Crippen LogP contribution in [0, 0.1) is 5.82 Å². The van der Waals surface area contributed by atoms with Crippen LogP contribution in [0.15, 0.2) is 48.5 Å². The van der Waals surface area contributed by atoms with Gasteiger partial charge in [0.1, 0.15) is 12.4 Å². The average molecular weight is 384 g/mol. The highest BCUT2D eigenvalue weighted by atomic mass is 19.1. The van der Waals surface area contributed by atoms with E-state index in [-0.39, 0.29) is 37.0 Å². The lowest BCUT2D eigenvalue weighted by atomic mass is 10.2. The Morgan fingerprint density at radius 2 is 1.86 bits per heavy atom. The first-order valence-corrected chi connectivity index (χ1v) is 8.86. The van der Waals surface area contributed by atoms with Gasteiger partial charge in [-0.25, -0.2) is 4.39 Å². The minimum absolute atomic E-state index is 0.112. The summed E-state index contributed by atoms with van der Waals surface area (Å²) in [5.41, 5.74) is 1.26. The number of halogens is 1. The van der Waals surface area contributed by atoms with E-state index in [0.717, 1.165) is 5.56 Å². The molecule has 0 saturated carbocycles. The Balaban J connectivity index is 1.63. The monoisotopic (exact) mass is 384 g/mol. The maximum absolute atomic E-state index is 13.0. The lowest BCUT2D eigenvalue weighted by Gasteiger charge is -2.24. The summed E-state index contributed by atoms with van der Waals surface area (Å²) < 4.78 is 23.5. The fourth-order valence-corrected chi connectivity index (χ4v) is 2.68. The number of nitrogens with zero attached hydrogens (tertiary/aromatic N) is 1. The zero-order valence-corrected chi connectivity index (χ0v) is 15.6. The van der Waals surface area contributed by atoms with E-state index < -0.39 is 0 Å². The van der Waals surface area contributed by atoms with E-state index in [1.807, 2.05) is 19.9 Å². The lowest BCUT2D eigenvalue weighted by molar-refractivity contribution is -0.132. The largest absolute Gasteiger partial charge is 0.454 e. The van der Waals surface area contributed by atoms with Gasteiger partial charge in [-0.15, -0.1) is 0 Å². The van der Waals surface area contributed by atoms with Gasteiger partial charge in [0.2, 0.25) is 18.6 Å². The Bertz CT molecular complexity index is 894. The second-order valence-corrected chi connectivity index (χ2v) is 6.56. The van der Waals surface area contributed by atoms with Crippen molar-refractivity contribution < 1.29 is 23.5 Å². The fraction of sp³-hybridized carbons (Fsp3) is 0.238. The van der Waals surface area contributed by atoms with Crippen LogP contribution in [0.4, 0.5) is 10.1 Å². The highest BCUT2D eigenvalue weighted by Gasteiger charge is 2.18. The number of hydrogen-bond acceptors (Lipinski definition) is 4. The van der Waals surface area contributed by atoms with Crippen molar-refractivity contribution in [1.82, 2.24) is 4.90 Å². The van der Waals surface area contributed by atoms with E-state index in [0.29, 0.717) is 17.2 Å². The third-order valence-electron chi connectivity index (χ3n) is 4.16. The minimum Gasteiger partial charge on any atom is -0.454 e. The molecule has 0 unspecified atom stereocenters. The summed E-state index contributed by atoms with van der Waals surface area (Å²) in [4.78, 5) is 26.3. The van der Waals surface area contributed by atoms with Gasteiger partial charge in [-0.1, -0.05) is 6.07 Å². The van der Waals surface area contributed by atoms with E-state index >= 15 is 0 Å². The lowest BCUT2D eigenvalue weighted by Crippen LogP contribution is -2.41. The standard InChI is InChI=1S/C21H21FN2O4/c1-14(2)24(12-20(25)23-17-7-5-16(22)6-8-17)21(26)10-4-15-3-9-18-19(11-15)28-13-27-18/h3-11,14H,12-13H2,1-2H3,(H,23,25)/b10-4+. The molecule has 0 atom stereocenters. The first-order chi connectivity index (χ1) is 13.4. The molecule has 146 valence electrons. The summed E-state index contributed by atoms with van der Waals surface area (Å²) in [6.45, 7) is 3.74. The third-order valence-corrected chi connectivity index (χ3v) is 4.16. The van der Waals surface area contributed by atoms with E-state index in [1.54, 1.807) is 18.2 Å². The number of amides is 2. The molecule has 7 heteroatoms.